The van der Waals surface area contributed by atoms with Gasteiger partial charge >= 0.3 is 12.1 Å². The smallest absolute Gasteiger partial charge is 0.417 e. The standard InChI is InChI=1S/C25H19F5N2O3.C2H6/c1-32(9-8-23(33)34)13-14-2-7-22-21(10-14)31-24(35-22)15-3-5-17(19(11-15)25(28,29)30)18-6-4-16(26)12-20(18)27;1-2/h2-7,10-12H,8-9,13H2,1H3,(H,33,34);1-2H3. The molecule has 0 bridgehead atoms. The number of aliphatic carboxylic acids is 1. The minimum absolute atomic E-state index is 0.00773. The van der Waals surface area contributed by atoms with Crippen LogP contribution in [0.15, 0.2) is 59.0 Å². The maximum atomic E-state index is 14.2. The van der Waals surface area contributed by atoms with Crippen LogP contribution in [0.1, 0.15) is 31.4 Å². The molecule has 0 saturated carbocycles. The molecule has 0 aliphatic carbocycles. The molecule has 0 amide bonds. The van der Waals surface area contributed by atoms with E-state index in [1.54, 1.807) is 25.2 Å². The molecule has 0 saturated heterocycles. The highest BCUT2D eigenvalue weighted by Gasteiger charge is 2.35. The summed E-state index contributed by atoms with van der Waals surface area (Å²) >= 11 is 0. The summed E-state index contributed by atoms with van der Waals surface area (Å²) in [6, 6.07) is 10.8. The summed E-state index contributed by atoms with van der Waals surface area (Å²) in [6.07, 6.45) is -4.82. The van der Waals surface area contributed by atoms with Crippen LogP contribution in [0, 0.1) is 11.6 Å². The highest BCUT2D eigenvalue weighted by atomic mass is 19.4. The predicted octanol–water partition coefficient (Wildman–Crippen LogP) is 7.39. The van der Waals surface area contributed by atoms with Gasteiger partial charge in [0.05, 0.1) is 12.0 Å². The molecule has 1 aromatic heterocycles. The monoisotopic (exact) mass is 520 g/mol. The molecule has 0 aliphatic heterocycles. The van der Waals surface area contributed by atoms with Crippen molar-refractivity contribution in [3.05, 3.63) is 77.4 Å². The molecule has 1 heterocycles. The van der Waals surface area contributed by atoms with Crippen LogP contribution in [-0.4, -0.2) is 34.6 Å². The molecule has 4 aromatic rings. The van der Waals surface area contributed by atoms with Crippen molar-refractivity contribution in [2.24, 2.45) is 0 Å². The molecule has 4 rings (SSSR count). The number of hydrogen-bond acceptors (Lipinski definition) is 4. The topological polar surface area (TPSA) is 66.6 Å². The van der Waals surface area contributed by atoms with Crippen LogP contribution in [0.3, 0.4) is 0 Å². The van der Waals surface area contributed by atoms with Gasteiger partial charge in [-0.05, 0) is 54.6 Å². The zero-order valence-corrected chi connectivity index (χ0v) is 20.4. The first kappa shape index (κ1) is 27.8. The lowest BCUT2D eigenvalue weighted by Gasteiger charge is -2.15. The first-order valence-electron chi connectivity index (χ1n) is 11.5. The van der Waals surface area contributed by atoms with Gasteiger partial charge < -0.3 is 14.4 Å². The zero-order chi connectivity index (χ0) is 27.3. The fourth-order valence-corrected chi connectivity index (χ4v) is 3.73. The van der Waals surface area contributed by atoms with E-state index in [1.807, 2.05) is 18.7 Å². The number of carboxylic acid groups (broad SMARTS) is 1. The first-order chi connectivity index (χ1) is 17.5. The minimum Gasteiger partial charge on any atom is -0.481 e. The second-order valence-electron chi connectivity index (χ2n) is 8.08. The molecule has 10 heteroatoms. The SMILES string of the molecule is CC.CN(CCC(=O)O)Cc1ccc2oc(-c3ccc(-c4ccc(F)cc4F)c(C(F)(F)F)c3)nc2c1. The van der Waals surface area contributed by atoms with Crippen LogP contribution in [0.25, 0.3) is 33.7 Å². The van der Waals surface area contributed by atoms with E-state index in [2.05, 4.69) is 4.98 Å². The Bertz CT molecular complexity index is 1400. The third-order valence-corrected chi connectivity index (χ3v) is 5.41. The summed E-state index contributed by atoms with van der Waals surface area (Å²) in [4.78, 5) is 16.9. The fraction of sp³-hybridized carbons (Fsp3) is 0.259. The average Bonchev–Trinajstić information content (AvgIpc) is 3.27. The molecule has 0 aliphatic rings. The Morgan fingerprint density at radius 2 is 1.70 bits per heavy atom. The predicted molar refractivity (Wildman–Crippen MR) is 130 cm³/mol. The van der Waals surface area contributed by atoms with E-state index < -0.39 is 34.9 Å². The van der Waals surface area contributed by atoms with E-state index in [1.165, 1.54) is 6.07 Å². The van der Waals surface area contributed by atoms with Gasteiger partial charge in [0, 0.05) is 30.3 Å². The van der Waals surface area contributed by atoms with Crippen LogP contribution >= 0.6 is 0 Å². The number of rotatable bonds is 7. The van der Waals surface area contributed by atoms with Gasteiger partial charge in [0.15, 0.2) is 5.58 Å². The maximum Gasteiger partial charge on any atom is 0.417 e. The Morgan fingerprint density at radius 3 is 2.35 bits per heavy atom. The molecular weight excluding hydrogens is 495 g/mol. The van der Waals surface area contributed by atoms with E-state index in [0.29, 0.717) is 30.3 Å². The van der Waals surface area contributed by atoms with Crippen LogP contribution in [-0.2, 0) is 17.5 Å². The summed E-state index contributed by atoms with van der Waals surface area (Å²) in [5.74, 6) is -2.95. The number of aromatic nitrogens is 1. The molecule has 1 N–H and O–H groups in total. The number of halogens is 5. The van der Waals surface area contributed by atoms with E-state index in [0.717, 1.165) is 29.8 Å². The van der Waals surface area contributed by atoms with E-state index in [4.69, 9.17) is 9.52 Å². The third-order valence-electron chi connectivity index (χ3n) is 5.41. The lowest BCUT2D eigenvalue weighted by molar-refractivity contribution is -0.138. The Hall–Kier alpha value is -3.79. The molecule has 3 aromatic carbocycles. The van der Waals surface area contributed by atoms with Gasteiger partial charge in [0.2, 0.25) is 5.89 Å². The minimum atomic E-state index is -4.81. The van der Waals surface area contributed by atoms with Crippen molar-refractivity contribution in [2.75, 3.05) is 13.6 Å². The number of hydrogen-bond donors (Lipinski definition) is 1. The maximum absolute atomic E-state index is 14.2. The molecule has 5 nitrogen and oxygen atoms in total. The van der Waals surface area contributed by atoms with Crippen molar-refractivity contribution >= 4 is 17.1 Å². The number of oxazole rings is 1. The van der Waals surface area contributed by atoms with Crippen molar-refractivity contribution in [2.45, 2.75) is 33.0 Å². The zero-order valence-electron chi connectivity index (χ0n) is 20.4. The van der Waals surface area contributed by atoms with Gasteiger partial charge in [0.1, 0.15) is 17.2 Å². The summed E-state index contributed by atoms with van der Waals surface area (Å²) in [5, 5.41) is 8.80. The third kappa shape index (κ3) is 6.71. The molecule has 196 valence electrons. The Labute approximate surface area is 210 Å². The van der Waals surface area contributed by atoms with Crippen molar-refractivity contribution in [3.63, 3.8) is 0 Å². The van der Waals surface area contributed by atoms with Crippen LogP contribution in [0.4, 0.5) is 22.0 Å². The normalized spacial score (nSPS) is 11.5. The van der Waals surface area contributed by atoms with E-state index in [9.17, 15) is 26.7 Å². The fourth-order valence-electron chi connectivity index (χ4n) is 3.73. The molecule has 37 heavy (non-hydrogen) atoms. The van der Waals surface area contributed by atoms with E-state index in [-0.39, 0.29) is 23.4 Å². The highest BCUT2D eigenvalue weighted by molar-refractivity contribution is 5.78. The summed E-state index contributed by atoms with van der Waals surface area (Å²) in [7, 11) is 1.77. The van der Waals surface area contributed by atoms with Crippen molar-refractivity contribution < 1.29 is 36.3 Å². The van der Waals surface area contributed by atoms with Gasteiger partial charge in [-0.15, -0.1) is 0 Å². The highest BCUT2D eigenvalue weighted by Crippen LogP contribution is 2.40. The molecule has 0 radical (unpaired) electrons. The number of benzene rings is 3. The van der Waals surface area contributed by atoms with Crippen molar-refractivity contribution in [1.29, 1.82) is 0 Å². The molecule has 0 atom stereocenters. The van der Waals surface area contributed by atoms with Gasteiger partial charge in [-0.25, -0.2) is 13.8 Å². The van der Waals surface area contributed by atoms with Gasteiger partial charge in [-0.1, -0.05) is 26.0 Å². The number of alkyl halides is 3. The summed E-state index contributed by atoms with van der Waals surface area (Å²) in [6.45, 7) is 4.79. The van der Waals surface area contributed by atoms with Crippen LogP contribution < -0.4 is 0 Å². The molecule has 0 unspecified atom stereocenters. The Kier molecular flexibility index (Phi) is 8.65. The van der Waals surface area contributed by atoms with Crippen LogP contribution in [0.5, 0.6) is 0 Å². The van der Waals surface area contributed by atoms with Crippen molar-refractivity contribution in [3.8, 4) is 22.6 Å². The number of nitrogens with zero attached hydrogens (tertiary/aromatic N) is 2. The van der Waals surface area contributed by atoms with Gasteiger partial charge in [-0.2, -0.15) is 13.2 Å². The summed E-state index contributed by atoms with van der Waals surface area (Å²) in [5.41, 5.74) is -0.265. The average molecular weight is 520 g/mol. The van der Waals surface area contributed by atoms with Gasteiger partial charge in [-0.3, -0.25) is 4.79 Å². The Morgan fingerprint density at radius 1 is 1.00 bits per heavy atom. The molecular formula is C27H25F5N2O3. The number of carbonyl (C=O) groups is 1. The second-order valence-corrected chi connectivity index (χ2v) is 8.08. The Balaban J connectivity index is 0.00000186. The number of fused-ring (bicyclic) bond motifs is 1. The van der Waals surface area contributed by atoms with Crippen LogP contribution in [0.2, 0.25) is 0 Å². The number of carboxylic acids is 1. The first-order valence-corrected chi connectivity index (χ1v) is 11.5. The molecule has 0 fully saturated rings. The summed E-state index contributed by atoms with van der Waals surface area (Å²) < 4.78 is 74.6. The van der Waals surface area contributed by atoms with Crippen molar-refractivity contribution in [1.82, 2.24) is 9.88 Å². The van der Waals surface area contributed by atoms with Gasteiger partial charge in [0.25, 0.3) is 0 Å². The quantitative estimate of drug-likeness (QED) is 0.257. The van der Waals surface area contributed by atoms with E-state index >= 15 is 0 Å². The lowest BCUT2D eigenvalue weighted by atomic mass is 9.96. The largest absolute Gasteiger partial charge is 0.481 e. The lowest BCUT2D eigenvalue weighted by Crippen LogP contribution is -2.21. The molecule has 0 spiro atoms. The second kappa shape index (κ2) is 11.5.